The Hall–Kier alpha value is -3.03. The number of hydrogen-bond donors (Lipinski definition) is 2. The van der Waals surface area contributed by atoms with Gasteiger partial charge in [0, 0.05) is 39.3 Å². The summed E-state index contributed by atoms with van der Waals surface area (Å²) < 4.78 is 0. The van der Waals surface area contributed by atoms with E-state index in [1.807, 2.05) is 32.0 Å². The number of piperidine rings is 1. The number of hydrogen-bond acceptors (Lipinski definition) is 5. The zero-order chi connectivity index (χ0) is 23.8. The van der Waals surface area contributed by atoms with Gasteiger partial charge in [0.2, 0.25) is 17.7 Å². The van der Waals surface area contributed by atoms with Crippen molar-refractivity contribution in [3.8, 4) is 0 Å². The lowest BCUT2D eigenvalue weighted by atomic mass is 9.83. The Bertz CT molecular complexity index is 1250. The van der Waals surface area contributed by atoms with E-state index in [0.29, 0.717) is 27.6 Å². The first-order valence-electron chi connectivity index (χ1n) is 10.5. The number of imide groups is 1. The summed E-state index contributed by atoms with van der Waals surface area (Å²) in [5.74, 6) is -1.45. The average molecular weight is 485 g/mol. The Morgan fingerprint density at radius 3 is 2.42 bits per heavy atom. The van der Waals surface area contributed by atoms with Gasteiger partial charge >= 0.3 is 0 Å². The minimum absolute atomic E-state index is 0.162. The molecule has 2 aromatic carbocycles. The summed E-state index contributed by atoms with van der Waals surface area (Å²) in [6.07, 6.45) is 3.93. The molecule has 170 valence electrons. The van der Waals surface area contributed by atoms with Gasteiger partial charge in [-0.2, -0.15) is 10.2 Å². The Kier molecular flexibility index (Phi) is 6.36. The first kappa shape index (κ1) is 23.1. The molecule has 33 heavy (non-hydrogen) atoms. The van der Waals surface area contributed by atoms with E-state index in [2.05, 4.69) is 20.8 Å². The minimum Gasteiger partial charge on any atom is -0.351 e. The molecule has 9 heteroatoms. The monoisotopic (exact) mass is 484 g/mol. The fourth-order valence-electron chi connectivity index (χ4n) is 3.96. The van der Waals surface area contributed by atoms with Crippen molar-refractivity contribution in [2.45, 2.75) is 44.6 Å². The highest BCUT2D eigenvalue weighted by Gasteiger charge is 2.32. The van der Waals surface area contributed by atoms with Crippen molar-refractivity contribution in [1.29, 1.82) is 0 Å². The van der Waals surface area contributed by atoms with Gasteiger partial charge in [0.25, 0.3) is 0 Å². The van der Waals surface area contributed by atoms with Crippen LogP contribution in [-0.4, -0.2) is 27.9 Å². The molecule has 1 unspecified atom stereocenters. The van der Waals surface area contributed by atoms with E-state index >= 15 is 0 Å². The predicted molar refractivity (Wildman–Crippen MR) is 126 cm³/mol. The molecule has 1 aromatic heterocycles. The van der Waals surface area contributed by atoms with E-state index in [4.69, 9.17) is 23.2 Å². The van der Waals surface area contributed by atoms with E-state index < -0.39 is 17.2 Å². The SMILES string of the molecule is CC(C)(C(=O)NCc1cc(Cl)c(C2CCC(=O)NC2=O)c(Cl)c1)c1ccc2cnncc2c1. The number of fused-ring (bicyclic) bond motifs is 1. The second-order valence-electron chi connectivity index (χ2n) is 8.62. The molecule has 0 spiro atoms. The van der Waals surface area contributed by atoms with Crippen LogP contribution in [0.1, 0.15) is 49.3 Å². The topological polar surface area (TPSA) is 101 Å². The number of halogens is 2. The molecule has 0 radical (unpaired) electrons. The van der Waals surface area contributed by atoms with Crippen LogP contribution in [0.2, 0.25) is 10.0 Å². The molecule has 1 saturated heterocycles. The van der Waals surface area contributed by atoms with Crippen molar-refractivity contribution in [3.05, 3.63) is 69.5 Å². The van der Waals surface area contributed by atoms with Crippen LogP contribution in [0, 0.1) is 0 Å². The van der Waals surface area contributed by atoms with Gasteiger partial charge in [0.1, 0.15) is 0 Å². The smallest absolute Gasteiger partial charge is 0.234 e. The largest absolute Gasteiger partial charge is 0.351 e. The molecule has 0 bridgehead atoms. The predicted octanol–water partition coefficient (Wildman–Crippen LogP) is 4.05. The highest BCUT2D eigenvalue weighted by Crippen LogP contribution is 2.37. The highest BCUT2D eigenvalue weighted by atomic mass is 35.5. The number of benzene rings is 2. The molecule has 3 aromatic rings. The van der Waals surface area contributed by atoms with Gasteiger partial charge in [-0.1, -0.05) is 35.3 Å². The average Bonchev–Trinajstić information content (AvgIpc) is 2.78. The lowest BCUT2D eigenvalue weighted by Crippen LogP contribution is -2.40. The zero-order valence-electron chi connectivity index (χ0n) is 18.1. The van der Waals surface area contributed by atoms with Crippen LogP contribution < -0.4 is 10.6 Å². The Balaban J connectivity index is 1.49. The lowest BCUT2D eigenvalue weighted by Gasteiger charge is -2.25. The van der Waals surface area contributed by atoms with Crippen molar-refractivity contribution in [2.75, 3.05) is 0 Å². The second kappa shape index (κ2) is 9.08. The van der Waals surface area contributed by atoms with Gasteiger partial charge in [0.15, 0.2) is 0 Å². The maximum Gasteiger partial charge on any atom is 0.234 e. The van der Waals surface area contributed by atoms with E-state index in [-0.39, 0.29) is 24.8 Å². The van der Waals surface area contributed by atoms with E-state index in [0.717, 1.165) is 16.3 Å². The van der Waals surface area contributed by atoms with Crippen LogP contribution in [0.15, 0.2) is 42.7 Å². The van der Waals surface area contributed by atoms with Gasteiger partial charge in [0.05, 0.1) is 23.7 Å². The Morgan fingerprint density at radius 1 is 1.09 bits per heavy atom. The minimum atomic E-state index is -0.794. The Labute approximate surface area is 200 Å². The van der Waals surface area contributed by atoms with E-state index in [1.165, 1.54) is 0 Å². The summed E-state index contributed by atoms with van der Waals surface area (Å²) in [4.78, 5) is 36.7. The van der Waals surface area contributed by atoms with Crippen molar-refractivity contribution < 1.29 is 14.4 Å². The van der Waals surface area contributed by atoms with Crippen LogP contribution in [0.5, 0.6) is 0 Å². The molecule has 1 aliphatic rings. The van der Waals surface area contributed by atoms with E-state index in [9.17, 15) is 14.4 Å². The van der Waals surface area contributed by atoms with E-state index in [1.54, 1.807) is 24.5 Å². The van der Waals surface area contributed by atoms with Crippen molar-refractivity contribution in [1.82, 2.24) is 20.8 Å². The van der Waals surface area contributed by atoms with Crippen molar-refractivity contribution in [3.63, 3.8) is 0 Å². The van der Waals surface area contributed by atoms with Gasteiger partial charge < -0.3 is 5.32 Å². The maximum absolute atomic E-state index is 13.0. The quantitative estimate of drug-likeness (QED) is 0.531. The Morgan fingerprint density at radius 2 is 1.76 bits per heavy atom. The number of nitrogens with one attached hydrogen (secondary N) is 2. The fraction of sp³-hybridized carbons (Fsp3) is 0.292. The third kappa shape index (κ3) is 4.70. The van der Waals surface area contributed by atoms with Gasteiger partial charge in [-0.15, -0.1) is 0 Å². The molecule has 1 fully saturated rings. The van der Waals surface area contributed by atoms with Crippen LogP contribution in [0.3, 0.4) is 0 Å². The van der Waals surface area contributed by atoms with Crippen molar-refractivity contribution >= 4 is 51.7 Å². The third-order valence-corrected chi connectivity index (χ3v) is 6.64. The summed E-state index contributed by atoms with van der Waals surface area (Å²) in [5, 5.41) is 15.6. The molecule has 1 atom stereocenters. The van der Waals surface area contributed by atoms with Crippen LogP contribution in [0.4, 0.5) is 0 Å². The van der Waals surface area contributed by atoms with Crippen LogP contribution in [-0.2, 0) is 26.3 Å². The number of carbonyl (C=O) groups is 3. The standard InChI is InChI=1S/C24H22Cl2N4O3/c1-24(2,16-4-3-14-11-28-29-12-15(14)9-16)23(33)27-10-13-7-18(25)21(19(26)8-13)17-5-6-20(31)30-22(17)32/h3-4,7-9,11-12,17H,5-6,10H2,1-2H3,(H,27,33)(H,30,31,32). The number of carbonyl (C=O) groups excluding carboxylic acids is 3. The summed E-state index contributed by atoms with van der Waals surface area (Å²) in [6.45, 7) is 3.92. The summed E-state index contributed by atoms with van der Waals surface area (Å²) in [7, 11) is 0. The molecule has 3 amide bonds. The number of amides is 3. The van der Waals surface area contributed by atoms with Gasteiger partial charge in [-0.3, -0.25) is 19.7 Å². The summed E-state index contributed by atoms with van der Waals surface area (Å²) in [5.41, 5.74) is 1.26. The first-order valence-corrected chi connectivity index (χ1v) is 11.2. The zero-order valence-corrected chi connectivity index (χ0v) is 19.6. The molecule has 0 saturated carbocycles. The summed E-state index contributed by atoms with van der Waals surface area (Å²) in [6, 6.07) is 9.14. The maximum atomic E-state index is 13.0. The van der Waals surface area contributed by atoms with Crippen LogP contribution >= 0.6 is 23.2 Å². The third-order valence-electron chi connectivity index (χ3n) is 6.02. The second-order valence-corrected chi connectivity index (χ2v) is 9.43. The molecule has 2 N–H and O–H groups in total. The van der Waals surface area contributed by atoms with Gasteiger partial charge in [-0.25, -0.2) is 0 Å². The molecule has 2 heterocycles. The molecule has 0 aliphatic carbocycles. The lowest BCUT2D eigenvalue weighted by molar-refractivity contribution is -0.134. The number of rotatable bonds is 5. The molecular weight excluding hydrogens is 463 g/mol. The molecule has 4 rings (SSSR count). The van der Waals surface area contributed by atoms with Crippen LogP contribution in [0.25, 0.3) is 10.8 Å². The molecule has 1 aliphatic heterocycles. The molecule has 7 nitrogen and oxygen atoms in total. The summed E-state index contributed by atoms with van der Waals surface area (Å²) >= 11 is 12.9. The van der Waals surface area contributed by atoms with Gasteiger partial charge in [-0.05, 0) is 49.6 Å². The molecular formula is C24H22Cl2N4O3. The highest BCUT2D eigenvalue weighted by molar-refractivity contribution is 6.36. The first-order chi connectivity index (χ1) is 15.7. The fourth-order valence-corrected chi connectivity index (χ4v) is 4.75. The number of nitrogens with zero attached hydrogens (tertiary/aromatic N) is 2. The normalized spacial score (nSPS) is 16.5. The number of aromatic nitrogens is 2. The van der Waals surface area contributed by atoms with Crippen molar-refractivity contribution in [2.24, 2.45) is 0 Å².